The average Bonchev–Trinajstić information content (AvgIpc) is 2.21. The van der Waals surface area contributed by atoms with E-state index in [9.17, 15) is 0 Å². The van der Waals surface area contributed by atoms with Crippen LogP contribution < -0.4 is 0 Å². The minimum absolute atomic E-state index is 0.602. The van der Waals surface area contributed by atoms with E-state index in [1.165, 1.54) is 38.5 Å². The van der Waals surface area contributed by atoms with E-state index in [1.807, 2.05) is 0 Å². The van der Waals surface area contributed by atoms with Crippen molar-refractivity contribution in [3.63, 3.8) is 0 Å². The third-order valence-corrected chi connectivity index (χ3v) is 20.9. The van der Waals surface area contributed by atoms with Crippen molar-refractivity contribution in [2.45, 2.75) is 59.3 Å². The molecule has 0 N–H and O–H groups in total. The molecule has 2 heteroatoms. The summed E-state index contributed by atoms with van der Waals surface area (Å²) in [6.07, 6.45) is 13.9. The van der Waals surface area contributed by atoms with Gasteiger partial charge in [0, 0.05) is 0 Å². The van der Waals surface area contributed by atoms with Gasteiger partial charge in [0.2, 0.25) is 0 Å². The van der Waals surface area contributed by atoms with Crippen LogP contribution in [0.4, 0.5) is 0 Å². The Kier molecular flexibility index (Phi) is 10.4. The first-order valence-corrected chi connectivity index (χ1v) is 18.4. The fourth-order valence-electron chi connectivity index (χ4n) is 2.19. The van der Waals surface area contributed by atoms with E-state index in [-0.39, 0.29) is 0 Å². The van der Waals surface area contributed by atoms with Gasteiger partial charge in [-0.3, -0.25) is 0 Å². The Morgan fingerprint density at radius 3 is 1.21 bits per heavy atom. The summed E-state index contributed by atoms with van der Waals surface area (Å²) < 4.78 is -0.602. The standard InChI is InChI=1S/C12H27P.In.2H/c1-4-7-10-13(11-8-5-2)12-9-6-3;;;/h4-12H2,1-3H3;;;/q;-1;;/p+1. The summed E-state index contributed by atoms with van der Waals surface area (Å²) in [5.74, 6) is 0. The van der Waals surface area contributed by atoms with Crippen LogP contribution in [0.1, 0.15) is 59.3 Å². The van der Waals surface area contributed by atoms with Gasteiger partial charge in [-0.05, 0) is 0 Å². The zero-order chi connectivity index (χ0) is 10.9. The molecule has 14 heavy (non-hydrogen) atoms. The van der Waals surface area contributed by atoms with Crippen molar-refractivity contribution in [2.75, 3.05) is 18.5 Å². The summed E-state index contributed by atoms with van der Waals surface area (Å²) in [5.41, 5.74) is 0. The fourth-order valence-corrected chi connectivity index (χ4v) is 15.6. The molecule has 0 bridgehead atoms. The maximum absolute atomic E-state index is 2.35. The van der Waals surface area contributed by atoms with Gasteiger partial charge in [0.05, 0.1) is 0 Å². The van der Waals surface area contributed by atoms with Crippen molar-refractivity contribution in [3.05, 3.63) is 0 Å². The molecule has 0 rings (SSSR count). The third-order valence-electron chi connectivity index (χ3n) is 3.40. The Labute approximate surface area is 106 Å². The van der Waals surface area contributed by atoms with Crippen LogP contribution in [-0.2, 0) is 0 Å². The molecule has 0 heterocycles. The quantitative estimate of drug-likeness (QED) is 0.569. The number of hydrogen-bond donors (Lipinski definition) is 0. The predicted molar refractivity (Wildman–Crippen MR) is 76.2 cm³/mol. The number of hydrogen-bond acceptors (Lipinski definition) is 0. The first-order valence-electron chi connectivity index (χ1n) is 6.68. The molecule has 0 aromatic rings. The summed E-state index contributed by atoms with van der Waals surface area (Å²) in [4.78, 5) is 0. The summed E-state index contributed by atoms with van der Waals surface area (Å²) >= 11 is 0.989. The Hall–Kier alpha value is 1.30. The molecule has 0 saturated carbocycles. The minimum atomic E-state index is -0.602. The summed E-state index contributed by atoms with van der Waals surface area (Å²) in [7, 11) is 0. The molecule has 0 aromatic carbocycles. The molecule has 0 aromatic heterocycles. The molecule has 0 aliphatic heterocycles. The summed E-state index contributed by atoms with van der Waals surface area (Å²) in [6, 6.07) is 0. The van der Waals surface area contributed by atoms with Crippen molar-refractivity contribution in [1.82, 2.24) is 0 Å². The molecule has 0 nitrogen and oxygen atoms in total. The zero-order valence-corrected chi connectivity index (χ0v) is 17.6. The first-order chi connectivity index (χ1) is 6.68. The van der Waals surface area contributed by atoms with Crippen LogP contribution >= 0.6 is 4.61 Å². The van der Waals surface area contributed by atoms with Gasteiger partial charge in [-0.15, -0.1) is 0 Å². The van der Waals surface area contributed by atoms with E-state index in [0.717, 1.165) is 23.8 Å². The van der Waals surface area contributed by atoms with Crippen LogP contribution in [0, 0.1) is 0 Å². The van der Waals surface area contributed by atoms with Gasteiger partial charge in [-0.2, -0.15) is 0 Å². The Bertz CT molecular complexity index is 104. The second-order valence-electron chi connectivity index (χ2n) is 5.12. The normalized spacial score (nSPS) is 13.1. The van der Waals surface area contributed by atoms with Crippen LogP contribution in [0.5, 0.6) is 0 Å². The Balaban J connectivity index is 3.89. The van der Waals surface area contributed by atoms with E-state index in [0.29, 0.717) is 0 Å². The van der Waals surface area contributed by atoms with Gasteiger partial charge < -0.3 is 0 Å². The van der Waals surface area contributed by atoms with Crippen molar-refractivity contribution < 1.29 is 0 Å². The van der Waals surface area contributed by atoms with Crippen LogP contribution in [0.3, 0.4) is 0 Å². The molecule has 0 aliphatic rings. The van der Waals surface area contributed by atoms with Gasteiger partial charge in [0.15, 0.2) is 0 Å². The van der Waals surface area contributed by atoms with Gasteiger partial charge in [-0.1, -0.05) is 0 Å². The maximum atomic E-state index is 2.35. The van der Waals surface area contributed by atoms with Crippen LogP contribution in [0.25, 0.3) is 0 Å². The van der Waals surface area contributed by atoms with Crippen LogP contribution in [-0.4, -0.2) is 42.3 Å². The molecule has 0 aliphatic carbocycles. The van der Waals surface area contributed by atoms with Crippen molar-refractivity contribution in [3.8, 4) is 0 Å². The molecule has 0 unspecified atom stereocenters. The van der Waals surface area contributed by atoms with E-state index in [4.69, 9.17) is 0 Å². The Morgan fingerprint density at radius 1 is 0.714 bits per heavy atom. The summed E-state index contributed by atoms with van der Waals surface area (Å²) in [6.45, 7) is 7.05. The van der Waals surface area contributed by atoms with Crippen molar-refractivity contribution in [1.29, 1.82) is 0 Å². The van der Waals surface area contributed by atoms with E-state index in [2.05, 4.69) is 20.8 Å². The average molecular weight is 320 g/mol. The fraction of sp³-hybridized carbons (Fsp3) is 1.00. The number of rotatable bonds is 9. The zero-order valence-electron chi connectivity index (χ0n) is 10.9. The van der Waals surface area contributed by atoms with Crippen LogP contribution in [0.2, 0.25) is 0 Å². The van der Waals surface area contributed by atoms with Gasteiger partial charge in [-0.25, -0.2) is 0 Å². The molecule has 0 amide bonds. The molecule has 86 valence electrons. The van der Waals surface area contributed by atoms with E-state index < -0.39 is 4.61 Å². The molecule has 0 spiro atoms. The van der Waals surface area contributed by atoms with E-state index >= 15 is 0 Å². The molecular weight excluding hydrogens is 290 g/mol. The van der Waals surface area contributed by atoms with Crippen molar-refractivity contribution >= 4 is 28.4 Å². The second kappa shape index (κ2) is 9.52. The third kappa shape index (κ3) is 7.57. The monoisotopic (exact) mass is 320 g/mol. The van der Waals surface area contributed by atoms with Gasteiger partial charge in [0.1, 0.15) is 0 Å². The SMILES string of the molecule is CCCC[PH]([InH2])(CCCC)CCCC. The predicted octanol–water partition coefficient (Wildman–Crippen LogP) is 3.68. The second-order valence-corrected chi connectivity index (χ2v) is 28.4. The first kappa shape index (κ1) is 15.3. The molecule has 0 saturated heterocycles. The topological polar surface area (TPSA) is 0 Å². The molecule has 0 atom stereocenters. The van der Waals surface area contributed by atoms with E-state index in [1.54, 1.807) is 18.5 Å². The summed E-state index contributed by atoms with van der Waals surface area (Å²) in [5, 5.41) is 0. The van der Waals surface area contributed by atoms with Gasteiger partial charge >= 0.3 is 106 Å². The van der Waals surface area contributed by atoms with Gasteiger partial charge in [0.25, 0.3) is 0 Å². The molecule has 0 radical (unpaired) electrons. The molecule has 0 fully saturated rings. The van der Waals surface area contributed by atoms with Crippen molar-refractivity contribution in [2.24, 2.45) is 0 Å². The Morgan fingerprint density at radius 2 is 1.00 bits per heavy atom. The molecular formula is C12H30InP. The number of unbranched alkanes of at least 4 members (excludes halogenated alkanes) is 3. The van der Waals surface area contributed by atoms with Crippen LogP contribution in [0.15, 0.2) is 0 Å².